The number of nitrogens with zero attached hydrogens (tertiary/aromatic N) is 1. The van der Waals surface area contributed by atoms with Gasteiger partial charge in [-0.2, -0.15) is 0 Å². The molecule has 2 N–H and O–H groups in total. The van der Waals surface area contributed by atoms with Crippen LogP contribution in [0.15, 0.2) is 0 Å². The Kier molecular flexibility index (Phi) is 7.34. The van der Waals surface area contributed by atoms with Gasteiger partial charge in [0.2, 0.25) is 5.91 Å². The first-order valence-electron chi connectivity index (χ1n) is 7.21. The molecule has 1 amide bonds. The Morgan fingerprint density at radius 3 is 2.74 bits per heavy atom. The van der Waals surface area contributed by atoms with Crippen LogP contribution in [0.3, 0.4) is 0 Å². The molecule has 1 aliphatic carbocycles. The van der Waals surface area contributed by atoms with Crippen molar-refractivity contribution >= 4 is 5.91 Å². The lowest BCUT2D eigenvalue weighted by molar-refractivity contribution is -0.127. The fourth-order valence-electron chi connectivity index (χ4n) is 2.33. The van der Waals surface area contributed by atoms with Gasteiger partial charge in [-0.05, 0) is 18.8 Å². The highest BCUT2D eigenvalue weighted by Gasteiger charge is 2.22. The zero-order valence-corrected chi connectivity index (χ0v) is 12.4. The molecule has 0 saturated heterocycles. The molecular weight excluding hydrogens is 244 g/mol. The number of nitrogens with one attached hydrogen (secondary N) is 1. The van der Waals surface area contributed by atoms with Gasteiger partial charge < -0.3 is 20.1 Å². The van der Waals surface area contributed by atoms with Crippen molar-refractivity contribution in [2.45, 2.75) is 44.8 Å². The maximum absolute atomic E-state index is 11.3. The van der Waals surface area contributed by atoms with Crippen LogP contribution in [0.5, 0.6) is 0 Å². The van der Waals surface area contributed by atoms with Crippen molar-refractivity contribution < 1.29 is 14.6 Å². The molecule has 0 bridgehead atoms. The number of aliphatic hydroxyl groups is 1. The van der Waals surface area contributed by atoms with Gasteiger partial charge in [0, 0.05) is 20.6 Å². The zero-order valence-electron chi connectivity index (χ0n) is 12.4. The van der Waals surface area contributed by atoms with Crippen LogP contribution >= 0.6 is 0 Å². The normalized spacial score (nSPS) is 25.1. The Balaban J connectivity index is 2.10. The molecule has 0 spiro atoms. The van der Waals surface area contributed by atoms with Gasteiger partial charge in [-0.25, -0.2) is 0 Å². The summed E-state index contributed by atoms with van der Waals surface area (Å²) in [5.41, 5.74) is 0. The number of aliphatic hydroxyl groups excluding tert-OH is 1. The molecule has 0 heterocycles. The van der Waals surface area contributed by atoms with Crippen LogP contribution in [0.2, 0.25) is 0 Å². The van der Waals surface area contributed by atoms with Gasteiger partial charge >= 0.3 is 0 Å². The standard InChI is InChI=1S/C14H28N2O3/c1-11-6-4-5-7-13(11)19-10-12(17)8-15-9-14(18)16(2)3/h11-13,15,17H,4-10H2,1-3H3. The SMILES string of the molecule is CC1CCCCC1OCC(O)CNCC(=O)N(C)C. The molecule has 1 aliphatic rings. The highest BCUT2D eigenvalue weighted by Crippen LogP contribution is 2.26. The zero-order chi connectivity index (χ0) is 14.3. The van der Waals surface area contributed by atoms with Gasteiger partial charge in [0.15, 0.2) is 0 Å². The Bertz CT molecular complexity index is 271. The summed E-state index contributed by atoms with van der Waals surface area (Å²) in [7, 11) is 3.43. The van der Waals surface area contributed by atoms with E-state index in [-0.39, 0.29) is 18.6 Å². The number of carbonyl (C=O) groups excluding carboxylic acids is 1. The van der Waals surface area contributed by atoms with E-state index in [1.807, 2.05) is 0 Å². The number of rotatable bonds is 7. The molecule has 1 fully saturated rings. The second-order valence-electron chi connectivity index (χ2n) is 5.71. The molecule has 1 saturated carbocycles. The van der Waals surface area contributed by atoms with Crippen molar-refractivity contribution in [3.63, 3.8) is 0 Å². The van der Waals surface area contributed by atoms with E-state index in [4.69, 9.17) is 4.74 Å². The smallest absolute Gasteiger partial charge is 0.236 e. The molecule has 5 nitrogen and oxygen atoms in total. The highest BCUT2D eigenvalue weighted by atomic mass is 16.5. The summed E-state index contributed by atoms with van der Waals surface area (Å²) in [6.07, 6.45) is 4.56. The minimum atomic E-state index is -0.552. The van der Waals surface area contributed by atoms with Crippen molar-refractivity contribution in [2.75, 3.05) is 33.8 Å². The summed E-state index contributed by atoms with van der Waals surface area (Å²) in [6, 6.07) is 0. The van der Waals surface area contributed by atoms with Gasteiger partial charge in [-0.15, -0.1) is 0 Å². The Morgan fingerprint density at radius 2 is 2.11 bits per heavy atom. The van der Waals surface area contributed by atoms with Crippen LogP contribution in [0, 0.1) is 5.92 Å². The Morgan fingerprint density at radius 1 is 1.42 bits per heavy atom. The monoisotopic (exact) mass is 272 g/mol. The third kappa shape index (κ3) is 6.36. The number of likely N-dealkylation sites (N-methyl/N-ethyl adjacent to an activating group) is 1. The summed E-state index contributed by atoms with van der Waals surface area (Å²) in [6.45, 7) is 3.20. The first-order valence-corrected chi connectivity index (χ1v) is 7.21. The number of hydrogen-bond donors (Lipinski definition) is 2. The lowest BCUT2D eigenvalue weighted by Gasteiger charge is -2.29. The van der Waals surface area contributed by atoms with Crippen molar-refractivity contribution in [1.29, 1.82) is 0 Å². The third-order valence-corrected chi connectivity index (χ3v) is 3.69. The van der Waals surface area contributed by atoms with E-state index in [0.717, 1.165) is 6.42 Å². The number of amides is 1. The van der Waals surface area contributed by atoms with E-state index in [9.17, 15) is 9.90 Å². The number of hydrogen-bond acceptors (Lipinski definition) is 4. The van der Waals surface area contributed by atoms with E-state index < -0.39 is 6.10 Å². The summed E-state index contributed by atoms with van der Waals surface area (Å²) in [5.74, 6) is 0.596. The molecule has 0 aliphatic heterocycles. The van der Waals surface area contributed by atoms with E-state index in [1.165, 1.54) is 24.2 Å². The first-order chi connectivity index (χ1) is 9.00. The lowest BCUT2D eigenvalue weighted by atomic mass is 9.88. The van der Waals surface area contributed by atoms with Gasteiger partial charge in [-0.3, -0.25) is 4.79 Å². The molecule has 19 heavy (non-hydrogen) atoms. The second kappa shape index (κ2) is 8.51. The minimum Gasteiger partial charge on any atom is -0.389 e. The van der Waals surface area contributed by atoms with Gasteiger partial charge in [0.25, 0.3) is 0 Å². The molecule has 3 atom stereocenters. The molecule has 3 unspecified atom stereocenters. The first kappa shape index (κ1) is 16.4. The fourth-order valence-corrected chi connectivity index (χ4v) is 2.33. The summed E-state index contributed by atoms with van der Waals surface area (Å²) >= 11 is 0. The number of ether oxygens (including phenoxy) is 1. The third-order valence-electron chi connectivity index (χ3n) is 3.69. The van der Waals surface area contributed by atoms with Crippen LogP contribution in [0.4, 0.5) is 0 Å². The average Bonchev–Trinajstić information content (AvgIpc) is 2.37. The van der Waals surface area contributed by atoms with Crippen LogP contribution in [0.1, 0.15) is 32.6 Å². The van der Waals surface area contributed by atoms with Crippen LogP contribution in [-0.2, 0) is 9.53 Å². The molecule has 1 rings (SSSR count). The van der Waals surface area contributed by atoms with E-state index >= 15 is 0 Å². The maximum Gasteiger partial charge on any atom is 0.236 e. The van der Waals surface area contributed by atoms with Gasteiger partial charge in [-0.1, -0.05) is 19.8 Å². The molecule has 112 valence electrons. The molecular formula is C14H28N2O3. The van der Waals surface area contributed by atoms with Crippen molar-refractivity contribution in [3.05, 3.63) is 0 Å². The van der Waals surface area contributed by atoms with Crippen molar-refractivity contribution in [1.82, 2.24) is 10.2 Å². The van der Waals surface area contributed by atoms with E-state index in [1.54, 1.807) is 14.1 Å². The molecule has 0 radical (unpaired) electrons. The molecule has 0 aromatic carbocycles. The predicted octanol–water partition coefficient (Wildman–Crippen LogP) is 0.620. The van der Waals surface area contributed by atoms with Crippen molar-refractivity contribution in [2.24, 2.45) is 5.92 Å². The molecule has 0 aromatic rings. The van der Waals surface area contributed by atoms with Gasteiger partial charge in [0.1, 0.15) is 0 Å². The Hall–Kier alpha value is -0.650. The largest absolute Gasteiger partial charge is 0.389 e. The second-order valence-corrected chi connectivity index (χ2v) is 5.71. The fraction of sp³-hybridized carbons (Fsp3) is 0.929. The van der Waals surface area contributed by atoms with E-state index in [0.29, 0.717) is 19.1 Å². The van der Waals surface area contributed by atoms with E-state index in [2.05, 4.69) is 12.2 Å². The van der Waals surface area contributed by atoms with Crippen LogP contribution in [-0.4, -0.2) is 61.9 Å². The number of carbonyl (C=O) groups is 1. The average molecular weight is 272 g/mol. The minimum absolute atomic E-state index is 0.00835. The molecule has 5 heteroatoms. The van der Waals surface area contributed by atoms with Gasteiger partial charge in [0.05, 0.1) is 25.4 Å². The van der Waals surface area contributed by atoms with Crippen LogP contribution < -0.4 is 5.32 Å². The quantitative estimate of drug-likeness (QED) is 0.713. The topological polar surface area (TPSA) is 61.8 Å². The summed E-state index contributed by atoms with van der Waals surface area (Å²) in [4.78, 5) is 12.9. The molecule has 0 aromatic heterocycles. The van der Waals surface area contributed by atoms with Crippen molar-refractivity contribution in [3.8, 4) is 0 Å². The lowest BCUT2D eigenvalue weighted by Crippen LogP contribution is -2.39. The summed E-state index contributed by atoms with van der Waals surface area (Å²) < 4.78 is 5.78. The van der Waals surface area contributed by atoms with Crippen LogP contribution in [0.25, 0.3) is 0 Å². The maximum atomic E-state index is 11.3. The predicted molar refractivity (Wildman–Crippen MR) is 74.9 cm³/mol. The highest BCUT2D eigenvalue weighted by molar-refractivity contribution is 5.77. The summed E-state index contributed by atoms with van der Waals surface area (Å²) in [5, 5.41) is 12.7. The Labute approximate surface area is 116 Å².